The number of anilines is 2. The molecule has 8 nitrogen and oxygen atoms in total. The standard InChI is InChI=1S/C22H26N4O4S/c1-25-12-18(16-5-8-23-20(16)21(25)27)17-11-15(24-31(2,28)29)3-4-19(17)26-9-6-22(7-10-26)13-30-14-22/h3-5,8,11-12,23-24H,6-7,9-10,13-14H2,1-2H3/i1D3. The van der Waals surface area contributed by atoms with Crippen molar-refractivity contribution >= 4 is 32.3 Å². The van der Waals surface area contributed by atoms with Crippen LogP contribution in [0.3, 0.4) is 0 Å². The van der Waals surface area contributed by atoms with E-state index in [1.54, 1.807) is 24.4 Å². The highest BCUT2D eigenvalue weighted by Gasteiger charge is 2.41. The van der Waals surface area contributed by atoms with Gasteiger partial charge in [-0.3, -0.25) is 9.52 Å². The molecule has 0 radical (unpaired) electrons. The smallest absolute Gasteiger partial charge is 0.274 e. The molecule has 4 heterocycles. The van der Waals surface area contributed by atoms with E-state index in [-0.39, 0.29) is 10.9 Å². The second-order valence-corrected chi connectivity index (χ2v) is 10.3. The number of nitrogens with one attached hydrogen (secondary N) is 2. The van der Waals surface area contributed by atoms with Crippen LogP contribution in [0, 0.1) is 5.41 Å². The molecule has 0 atom stereocenters. The molecule has 1 spiro atoms. The Bertz CT molecular complexity index is 1410. The van der Waals surface area contributed by atoms with Gasteiger partial charge >= 0.3 is 0 Å². The van der Waals surface area contributed by atoms with E-state index in [9.17, 15) is 13.2 Å². The molecule has 0 amide bonds. The fourth-order valence-electron chi connectivity index (χ4n) is 4.57. The lowest BCUT2D eigenvalue weighted by atomic mass is 9.76. The number of pyridine rings is 1. The molecule has 5 rings (SSSR count). The highest BCUT2D eigenvalue weighted by atomic mass is 32.2. The summed E-state index contributed by atoms with van der Waals surface area (Å²) >= 11 is 0. The quantitative estimate of drug-likeness (QED) is 0.643. The minimum atomic E-state index is -3.52. The Morgan fingerprint density at radius 1 is 1.19 bits per heavy atom. The molecule has 2 aromatic heterocycles. The van der Waals surface area contributed by atoms with Gasteiger partial charge in [0.2, 0.25) is 10.0 Å². The van der Waals surface area contributed by atoms with Crippen molar-refractivity contribution in [2.75, 3.05) is 42.2 Å². The van der Waals surface area contributed by atoms with Crippen LogP contribution in [0.5, 0.6) is 0 Å². The van der Waals surface area contributed by atoms with Gasteiger partial charge in [0.1, 0.15) is 5.52 Å². The molecule has 1 aromatic carbocycles. The Balaban J connectivity index is 1.68. The number of fused-ring (bicyclic) bond motifs is 1. The number of aromatic amines is 1. The average Bonchev–Trinajstić information content (AvgIpc) is 3.22. The molecule has 9 heteroatoms. The van der Waals surface area contributed by atoms with E-state index >= 15 is 0 Å². The van der Waals surface area contributed by atoms with Gasteiger partial charge in [0.15, 0.2) is 0 Å². The van der Waals surface area contributed by atoms with Crippen LogP contribution in [-0.4, -0.2) is 50.5 Å². The lowest BCUT2D eigenvalue weighted by molar-refractivity contribution is -0.124. The topological polar surface area (TPSA) is 96.4 Å². The lowest BCUT2D eigenvalue weighted by Crippen LogP contribution is -2.51. The van der Waals surface area contributed by atoms with Gasteiger partial charge in [-0.05, 0) is 37.1 Å². The summed E-state index contributed by atoms with van der Waals surface area (Å²) in [7, 11) is -3.52. The average molecular weight is 446 g/mol. The van der Waals surface area contributed by atoms with Gasteiger partial charge in [-0.25, -0.2) is 8.42 Å². The van der Waals surface area contributed by atoms with Crippen molar-refractivity contribution in [2.24, 2.45) is 12.4 Å². The van der Waals surface area contributed by atoms with Crippen LogP contribution >= 0.6 is 0 Å². The van der Waals surface area contributed by atoms with Crippen molar-refractivity contribution in [1.29, 1.82) is 0 Å². The Morgan fingerprint density at radius 2 is 1.97 bits per heavy atom. The van der Waals surface area contributed by atoms with E-state index in [1.807, 2.05) is 6.07 Å². The highest BCUT2D eigenvalue weighted by Crippen LogP contribution is 2.43. The molecule has 0 saturated carbocycles. The first kappa shape index (κ1) is 16.9. The summed E-state index contributed by atoms with van der Waals surface area (Å²) in [5.74, 6) is 0. The number of rotatable bonds is 4. The zero-order valence-corrected chi connectivity index (χ0v) is 18.0. The van der Waals surface area contributed by atoms with Crippen LogP contribution in [0.4, 0.5) is 11.4 Å². The molecule has 3 aromatic rings. The number of H-pyrrole nitrogens is 1. The fourth-order valence-corrected chi connectivity index (χ4v) is 5.12. The molecule has 2 fully saturated rings. The molecule has 0 unspecified atom stereocenters. The molecule has 0 aliphatic carbocycles. The number of aryl methyl sites for hydroxylation is 1. The third-order valence-corrected chi connectivity index (χ3v) is 6.91. The second kappa shape index (κ2) is 7.13. The van der Waals surface area contributed by atoms with Crippen molar-refractivity contribution < 1.29 is 17.3 Å². The highest BCUT2D eigenvalue weighted by molar-refractivity contribution is 7.92. The maximum absolute atomic E-state index is 12.8. The summed E-state index contributed by atoms with van der Waals surface area (Å²) in [6.45, 7) is 0.474. The van der Waals surface area contributed by atoms with E-state index in [0.29, 0.717) is 22.2 Å². The summed E-state index contributed by atoms with van der Waals surface area (Å²) < 4.78 is 56.0. The van der Waals surface area contributed by atoms with Gasteiger partial charge in [-0.1, -0.05) is 0 Å². The summed E-state index contributed by atoms with van der Waals surface area (Å²) in [5.41, 5.74) is 2.18. The molecule has 2 aliphatic rings. The van der Waals surface area contributed by atoms with Crippen LogP contribution < -0.4 is 15.2 Å². The number of ether oxygens (including phenoxy) is 1. The molecular formula is C22H26N4O4S. The molecule has 0 bridgehead atoms. The molecule has 2 N–H and O–H groups in total. The first-order valence-electron chi connectivity index (χ1n) is 11.6. The van der Waals surface area contributed by atoms with Gasteiger partial charge in [0.25, 0.3) is 5.56 Å². The number of sulfonamides is 1. The number of nitrogens with zero attached hydrogens (tertiary/aromatic N) is 2. The van der Waals surface area contributed by atoms with Gasteiger partial charge in [0.05, 0.1) is 19.5 Å². The van der Waals surface area contributed by atoms with E-state index in [0.717, 1.165) is 55.7 Å². The normalized spacial score (nSPS) is 20.2. The van der Waals surface area contributed by atoms with Crippen molar-refractivity contribution in [3.8, 4) is 11.1 Å². The number of aromatic nitrogens is 2. The maximum Gasteiger partial charge on any atom is 0.274 e. The minimum absolute atomic E-state index is 0.185. The maximum atomic E-state index is 12.8. The monoisotopic (exact) mass is 445 g/mol. The van der Waals surface area contributed by atoms with Crippen LogP contribution in [0.1, 0.15) is 17.0 Å². The molecular weight excluding hydrogens is 416 g/mol. The second-order valence-electron chi connectivity index (χ2n) is 8.57. The first-order valence-corrected chi connectivity index (χ1v) is 12.0. The predicted octanol–water partition coefficient (Wildman–Crippen LogP) is 2.52. The molecule has 164 valence electrons. The van der Waals surface area contributed by atoms with Crippen molar-refractivity contribution in [1.82, 2.24) is 9.55 Å². The van der Waals surface area contributed by atoms with Crippen LogP contribution in [-0.2, 0) is 21.7 Å². The van der Waals surface area contributed by atoms with Gasteiger partial charge in [0, 0.05) is 69.9 Å². The zero-order chi connectivity index (χ0) is 24.3. The first-order chi connectivity index (χ1) is 16.0. The molecule has 31 heavy (non-hydrogen) atoms. The summed E-state index contributed by atoms with van der Waals surface area (Å²) in [5, 5.41) is 0.573. The summed E-state index contributed by atoms with van der Waals surface area (Å²) in [6, 6.07) is 6.97. The Hall–Kier alpha value is -2.78. The number of hydrogen-bond donors (Lipinski definition) is 2. The van der Waals surface area contributed by atoms with E-state index in [4.69, 9.17) is 8.85 Å². The number of hydrogen-bond acceptors (Lipinski definition) is 5. The van der Waals surface area contributed by atoms with Gasteiger partial charge in [-0.15, -0.1) is 0 Å². The SMILES string of the molecule is [2H]C([2H])([2H])n1cc(-c2cc(NS(C)(=O)=O)ccc2N2CCC3(CC2)COC3)c2cc[nH]c2c1=O. The largest absolute Gasteiger partial charge is 0.380 e. The molecule has 2 saturated heterocycles. The third-order valence-electron chi connectivity index (χ3n) is 6.30. The van der Waals surface area contributed by atoms with Crippen LogP contribution in [0.2, 0.25) is 0 Å². The minimum Gasteiger partial charge on any atom is -0.380 e. The Morgan fingerprint density at radius 3 is 2.61 bits per heavy atom. The summed E-state index contributed by atoms with van der Waals surface area (Å²) in [6.07, 6.45) is 5.97. The van der Waals surface area contributed by atoms with Crippen molar-refractivity contribution in [3.05, 3.63) is 47.0 Å². The Labute approximate surface area is 185 Å². The summed E-state index contributed by atoms with van der Waals surface area (Å²) in [4.78, 5) is 17.9. The van der Waals surface area contributed by atoms with Gasteiger partial charge in [-0.2, -0.15) is 0 Å². The van der Waals surface area contributed by atoms with Crippen molar-refractivity contribution in [2.45, 2.75) is 12.8 Å². The van der Waals surface area contributed by atoms with Gasteiger partial charge < -0.3 is 19.2 Å². The zero-order valence-electron chi connectivity index (χ0n) is 20.1. The van der Waals surface area contributed by atoms with Crippen molar-refractivity contribution in [3.63, 3.8) is 0 Å². The Kier molecular flexibility index (Phi) is 3.88. The number of piperidine rings is 1. The van der Waals surface area contributed by atoms with E-state index in [2.05, 4.69) is 14.6 Å². The predicted molar refractivity (Wildman–Crippen MR) is 122 cm³/mol. The van der Waals surface area contributed by atoms with Crippen LogP contribution in [0.15, 0.2) is 41.5 Å². The number of benzene rings is 1. The van der Waals surface area contributed by atoms with E-state index < -0.39 is 22.6 Å². The van der Waals surface area contributed by atoms with Crippen LogP contribution in [0.25, 0.3) is 22.0 Å². The fraction of sp³-hybridized carbons (Fsp3) is 0.409. The third kappa shape index (κ3) is 3.61. The van der Waals surface area contributed by atoms with E-state index in [1.165, 1.54) is 6.20 Å². The molecule has 2 aliphatic heterocycles. The lowest BCUT2D eigenvalue weighted by Gasteiger charge is -2.48.